The van der Waals surface area contributed by atoms with Gasteiger partial charge >= 0.3 is 0 Å². The number of halogens is 2. The molecule has 0 spiro atoms. The number of carbonyl (C=O) groups excluding carboxylic acids is 1. The molecule has 0 unspecified atom stereocenters. The van der Waals surface area contributed by atoms with Crippen molar-refractivity contribution in [2.24, 2.45) is 0 Å². The highest BCUT2D eigenvalue weighted by Crippen LogP contribution is 2.35. The molecule has 0 aliphatic carbocycles. The molecule has 6 heteroatoms. The minimum absolute atomic E-state index is 0.137. The maximum Gasteiger partial charge on any atom is 0.226 e. The zero-order valence-electron chi connectivity index (χ0n) is 15.7. The second kappa shape index (κ2) is 8.06. The third kappa shape index (κ3) is 3.85. The number of rotatable bonds is 4. The molecule has 3 aromatic rings. The summed E-state index contributed by atoms with van der Waals surface area (Å²) >= 11 is 12.0. The van der Waals surface area contributed by atoms with E-state index in [-0.39, 0.29) is 5.91 Å². The van der Waals surface area contributed by atoms with Gasteiger partial charge in [-0.05, 0) is 60.2 Å². The summed E-state index contributed by atoms with van der Waals surface area (Å²) in [6.07, 6.45) is 4.36. The Balaban J connectivity index is 1.41. The molecule has 1 N–H and O–H groups in total. The fraction of sp³-hybridized carbons (Fsp3) is 0.318. The number of benzene rings is 2. The van der Waals surface area contributed by atoms with Gasteiger partial charge in [0.05, 0.1) is 23.6 Å². The van der Waals surface area contributed by atoms with Crippen LogP contribution in [0.15, 0.2) is 42.6 Å². The standard InChI is InChI=1S/C22H22Cl2N2O2/c1-28-16-3-5-21-17(12-16)18(13-25-21)15-6-8-26(9-7-15)22(27)11-14-2-4-19(23)20(24)10-14/h2-5,10,12-13,15,25H,6-9,11H2,1H3. The normalized spacial score (nSPS) is 15.2. The summed E-state index contributed by atoms with van der Waals surface area (Å²) in [6, 6.07) is 11.5. The van der Waals surface area contributed by atoms with Crippen LogP contribution in [0.2, 0.25) is 10.0 Å². The van der Waals surface area contributed by atoms with E-state index in [1.165, 1.54) is 10.9 Å². The SMILES string of the molecule is COc1ccc2[nH]cc(C3CCN(C(=O)Cc4ccc(Cl)c(Cl)c4)CC3)c2c1. The minimum atomic E-state index is 0.137. The molecule has 146 valence electrons. The second-order valence-corrected chi connectivity index (χ2v) is 8.05. The van der Waals surface area contributed by atoms with Gasteiger partial charge in [0.1, 0.15) is 5.75 Å². The predicted octanol–water partition coefficient (Wildman–Crippen LogP) is 5.43. The van der Waals surface area contributed by atoms with Gasteiger partial charge in [-0.3, -0.25) is 4.79 Å². The van der Waals surface area contributed by atoms with Gasteiger partial charge in [0.2, 0.25) is 5.91 Å². The van der Waals surface area contributed by atoms with E-state index in [1.807, 2.05) is 23.1 Å². The van der Waals surface area contributed by atoms with Crippen LogP contribution in [0.3, 0.4) is 0 Å². The molecule has 0 bridgehead atoms. The molecule has 0 atom stereocenters. The highest BCUT2D eigenvalue weighted by atomic mass is 35.5. The number of ether oxygens (including phenoxy) is 1. The van der Waals surface area contributed by atoms with Gasteiger partial charge in [-0.25, -0.2) is 0 Å². The van der Waals surface area contributed by atoms with Gasteiger partial charge in [0, 0.05) is 30.2 Å². The summed E-state index contributed by atoms with van der Waals surface area (Å²) in [5, 5.41) is 2.20. The van der Waals surface area contributed by atoms with Gasteiger partial charge in [-0.1, -0.05) is 29.3 Å². The first-order chi connectivity index (χ1) is 13.5. The van der Waals surface area contributed by atoms with E-state index in [9.17, 15) is 4.79 Å². The van der Waals surface area contributed by atoms with E-state index in [0.717, 1.165) is 42.8 Å². The van der Waals surface area contributed by atoms with E-state index >= 15 is 0 Å². The fourth-order valence-electron chi connectivity index (χ4n) is 3.96. The van der Waals surface area contributed by atoms with Crippen molar-refractivity contribution in [2.75, 3.05) is 20.2 Å². The van der Waals surface area contributed by atoms with E-state index in [4.69, 9.17) is 27.9 Å². The van der Waals surface area contributed by atoms with Crippen molar-refractivity contribution in [3.8, 4) is 5.75 Å². The summed E-state index contributed by atoms with van der Waals surface area (Å²) in [5.41, 5.74) is 3.32. The lowest BCUT2D eigenvalue weighted by Crippen LogP contribution is -2.38. The summed E-state index contributed by atoms with van der Waals surface area (Å²) in [4.78, 5) is 18.0. The number of aromatic nitrogens is 1. The molecule has 1 aliphatic heterocycles. The highest BCUT2D eigenvalue weighted by molar-refractivity contribution is 6.42. The van der Waals surface area contributed by atoms with Crippen molar-refractivity contribution in [1.82, 2.24) is 9.88 Å². The van der Waals surface area contributed by atoms with Crippen LogP contribution >= 0.6 is 23.2 Å². The Labute approximate surface area is 174 Å². The Bertz CT molecular complexity index is 1010. The van der Waals surface area contributed by atoms with Crippen molar-refractivity contribution >= 4 is 40.0 Å². The van der Waals surface area contributed by atoms with Crippen molar-refractivity contribution in [1.29, 1.82) is 0 Å². The maximum absolute atomic E-state index is 12.7. The lowest BCUT2D eigenvalue weighted by molar-refractivity contribution is -0.131. The van der Waals surface area contributed by atoms with Crippen LogP contribution in [0.5, 0.6) is 5.75 Å². The molecule has 2 aromatic carbocycles. The Hall–Kier alpha value is -2.17. The number of nitrogens with one attached hydrogen (secondary N) is 1. The largest absolute Gasteiger partial charge is 0.497 e. The molecule has 1 aromatic heterocycles. The first kappa shape index (κ1) is 19.2. The van der Waals surface area contributed by atoms with Crippen LogP contribution in [0, 0.1) is 0 Å². The van der Waals surface area contributed by atoms with E-state index in [2.05, 4.69) is 17.2 Å². The summed E-state index contributed by atoms with van der Waals surface area (Å²) in [7, 11) is 1.69. The monoisotopic (exact) mass is 416 g/mol. The molecule has 1 saturated heterocycles. The molecule has 28 heavy (non-hydrogen) atoms. The zero-order valence-corrected chi connectivity index (χ0v) is 17.2. The topological polar surface area (TPSA) is 45.3 Å². The molecule has 4 nitrogen and oxygen atoms in total. The number of carbonyl (C=O) groups is 1. The van der Waals surface area contributed by atoms with Crippen LogP contribution < -0.4 is 4.74 Å². The van der Waals surface area contributed by atoms with Gasteiger partial charge in [-0.15, -0.1) is 0 Å². The number of nitrogens with zero attached hydrogens (tertiary/aromatic N) is 1. The zero-order chi connectivity index (χ0) is 19.7. The Morgan fingerprint density at radius 2 is 1.93 bits per heavy atom. The Morgan fingerprint density at radius 3 is 2.64 bits per heavy atom. The van der Waals surface area contributed by atoms with Crippen molar-refractivity contribution < 1.29 is 9.53 Å². The number of hydrogen-bond donors (Lipinski definition) is 1. The molecule has 0 saturated carbocycles. The first-order valence-corrected chi connectivity index (χ1v) is 10.2. The van der Waals surface area contributed by atoms with Crippen LogP contribution in [0.25, 0.3) is 10.9 Å². The Kier molecular flexibility index (Phi) is 5.51. The number of fused-ring (bicyclic) bond motifs is 1. The number of aromatic amines is 1. The third-order valence-electron chi connectivity index (χ3n) is 5.55. The number of piperidine rings is 1. The number of likely N-dealkylation sites (tertiary alicyclic amines) is 1. The predicted molar refractivity (Wildman–Crippen MR) is 114 cm³/mol. The maximum atomic E-state index is 12.7. The molecular formula is C22H22Cl2N2O2. The first-order valence-electron chi connectivity index (χ1n) is 9.42. The second-order valence-electron chi connectivity index (χ2n) is 7.24. The molecule has 1 fully saturated rings. The van der Waals surface area contributed by atoms with Crippen molar-refractivity contribution in [3.05, 3.63) is 63.8 Å². The van der Waals surface area contributed by atoms with E-state index in [1.54, 1.807) is 19.2 Å². The van der Waals surface area contributed by atoms with Crippen LogP contribution in [-0.4, -0.2) is 36.0 Å². The lowest BCUT2D eigenvalue weighted by atomic mass is 9.89. The number of methoxy groups -OCH3 is 1. The molecule has 1 aliphatic rings. The minimum Gasteiger partial charge on any atom is -0.497 e. The summed E-state index contributed by atoms with van der Waals surface area (Å²) in [5.74, 6) is 1.44. The Morgan fingerprint density at radius 1 is 1.14 bits per heavy atom. The molecule has 1 amide bonds. The summed E-state index contributed by atoms with van der Waals surface area (Å²) in [6.45, 7) is 1.53. The van der Waals surface area contributed by atoms with Crippen LogP contribution in [0.4, 0.5) is 0 Å². The van der Waals surface area contributed by atoms with E-state index in [0.29, 0.717) is 22.4 Å². The van der Waals surface area contributed by atoms with Gasteiger partial charge in [-0.2, -0.15) is 0 Å². The average molecular weight is 417 g/mol. The quantitative estimate of drug-likeness (QED) is 0.615. The third-order valence-corrected chi connectivity index (χ3v) is 6.29. The summed E-state index contributed by atoms with van der Waals surface area (Å²) < 4.78 is 5.37. The molecular weight excluding hydrogens is 395 g/mol. The lowest BCUT2D eigenvalue weighted by Gasteiger charge is -2.32. The van der Waals surface area contributed by atoms with Crippen molar-refractivity contribution in [3.63, 3.8) is 0 Å². The van der Waals surface area contributed by atoms with Crippen LogP contribution in [0.1, 0.15) is 29.9 Å². The van der Waals surface area contributed by atoms with Gasteiger partial charge in [0.25, 0.3) is 0 Å². The number of hydrogen-bond acceptors (Lipinski definition) is 2. The molecule has 0 radical (unpaired) electrons. The van der Waals surface area contributed by atoms with E-state index < -0.39 is 0 Å². The van der Waals surface area contributed by atoms with Gasteiger partial charge in [0.15, 0.2) is 0 Å². The fourth-order valence-corrected chi connectivity index (χ4v) is 4.28. The number of H-pyrrole nitrogens is 1. The molecule has 4 rings (SSSR count). The van der Waals surface area contributed by atoms with Crippen molar-refractivity contribution in [2.45, 2.75) is 25.2 Å². The smallest absolute Gasteiger partial charge is 0.226 e. The van der Waals surface area contributed by atoms with Crippen LogP contribution in [-0.2, 0) is 11.2 Å². The molecule has 2 heterocycles. The number of amides is 1. The average Bonchev–Trinajstić information content (AvgIpc) is 3.14. The van der Waals surface area contributed by atoms with Gasteiger partial charge < -0.3 is 14.6 Å². The highest BCUT2D eigenvalue weighted by Gasteiger charge is 2.25.